The molecule has 2 heteroatoms. The van der Waals surface area contributed by atoms with E-state index in [-0.39, 0.29) is 0 Å². The summed E-state index contributed by atoms with van der Waals surface area (Å²) in [6.07, 6.45) is 3.63. The fraction of sp³-hybridized carbons (Fsp3) is 0.286. The Bertz CT molecular complexity index is 472. The Labute approximate surface area is 96.4 Å². The van der Waals surface area contributed by atoms with Gasteiger partial charge in [0.25, 0.3) is 0 Å². The van der Waals surface area contributed by atoms with Crippen molar-refractivity contribution in [2.75, 3.05) is 0 Å². The number of hydrogen-bond donors (Lipinski definition) is 0. The summed E-state index contributed by atoms with van der Waals surface area (Å²) in [5.41, 5.74) is 4.36. The molecule has 1 aromatic heterocycles. The molecule has 1 heterocycles. The molecule has 0 aliphatic carbocycles. The van der Waals surface area contributed by atoms with Gasteiger partial charge in [0.2, 0.25) is 0 Å². The zero-order valence-corrected chi connectivity index (χ0v) is 9.94. The summed E-state index contributed by atoms with van der Waals surface area (Å²) in [7, 11) is 0. The third-order valence-electron chi connectivity index (χ3n) is 2.63. The predicted molar refractivity (Wildman–Crippen MR) is 66.3 cm³/mol. The minimum absolute atomic E-state index is 0.540. The number of hydrogen-bond acceptors (Lipinski definition) is 2. The molecule has 0 spiro atoms. The molecule has 0 saturated heterocycles. The van der Waals surface area contributed by atoms with E-state index in [1.54, 1.807) is 6.20 Å². The smallest absolute Gasteiger partial charge is 0.0885 e. The number of benzene rings is 1. The largest absolute Gasteiger partial charge is 0.258 e. The molecule has 2 nitrogen and oxygen atoms in total. The summed E-state index contributed by atoms with van der Waals surface area (Å²) in [6.45, 7) is 6.33. The van der Waals surface area contributed by atoms with Gasteiger partial charge in [-0.05, 0) is 24.5 Å². The van der Waals surface area contributed by atoms with E-state index in [1.165, 1.54) is 5.56 Å². The first kappa shape index (κ1) is 10.8. The van der Waals surface area contributed by atoms with Gasteiger partial charge in [-0.3, -0.25) is 9.97 Å². The van der Waals surface area contributed by atoms with Crippen LogP contribution in [0.15, 0.2) is 36.7 Å². The average molecular weight is 212 g/mol. The van der Waals surface area contributed by atoms with Crippen molar-refractivity contribution in [3.8, 4) is 11.3 Å². The second-order valence-corrected chi connectivity index (χ2v) is 4.32. The highest BCUT2D eigenvalue weighted by Crippen LogP contribution is 2.21. The zero-order valence-electron chi connectivity index (χ0n) is 9.94. The maximum Gasteiger partial charge on any atom is 0.0885 e. The third kappa shape index (κ3) is 2.27. The zero-order chi connectivity index (χ0) is 11.5. The lowest BCUT2D eigenvalue weighted by atomic mass is 10.00. The molecule has 0 bridgehead atoms. The van der Waals surface area contributed by atoms with Crippen molar-refractivity contribution in [1.82, 2.24) is 9.97 Å². The number of rotatable bonds is 2. The quantitative estimate of drug-likeness (QED) is 0.760. The molecule has 0 N–H and O–H groups in total. The van der Waals surface area contributed by atoms with Crippen LogP contribution in [-0.2, 0) is 0 Å². The number of aromatic nitrogens is 2. The molecule has 1 aromatic carbocycles. The summed E-state index contributed by atoms with van der Waals surface area (Å²) in [6, 6.07) is 8.48. The molecule has 2 rings (SSSR count). The molecular formula is C14H16N2. The summed E-state index contributed by atoms with van der Waals surface area (Å²) in [4.78, 5) is 8.65. The van der Waals surface area contributed by atoms with Crippen LogP contribution in [-0.4, -0.2) is 9.97 Å². The van der Waals surface area contributed by atoms with Gasteiger partial charge in [-0.25, -0.2) is 0 Å². The highest BCUT2D eigenvalue weighted by Gasteiger charge is 2.03. The normalized spacial score (nSPS) is 10.8. The molecule has 82 valence electrons. The van der Waals surface area contributed by atoms with Crippen molar-refractivity contribution in [3.05, 3.63) is 47.9 Å². The van der Waals surface area contributed by atoms with E-state index in [2.05, 4.69) is 48.1 Å². The highest BCUT2D eigenvalue weighted by molar-refractivity contribution is 5.59. The Morgan fingerprint density at radius 2 is 1.88 bits per heavy atom. The van der Waals surface area contributed by atoms with Gasteiger partial charge in [-0.2, -0.15) is 0 Å². The number of nitrogens with zero attached hydrogens (tertiary/aromatic N) is 2. The summed E-state index contributed by atoms with van der Waals surface area (Å²) >= 11 is 0. The molecule has 0 atom stereocenters. The van der Waals surface area contributed by atoms with Gasteiger partial charge in [0, 0.05) is 11.8 Å². The minimum Gasteiger partial charge on any atom is -0.258 e. The topological polar surface area (TPSA) is 25.8 Å². The first-order valence-corrected chi connectivity index (χ1v) is 5.56. The lowest BCUT2D eigenvalue weighted by Gasteiger charge is -2.07. The lowest BCUT2D eigenvalue weighted by molar-refractivity contribution is 0.867. The van der Waals surface area contributed by atoms with E-state index in [0.29, 0.717) is 5.92 Å². The van der Waals surface area contributed by atoms with Crippen molar-refractivity contribution >= 4 is 0 Å². The monoisotopic (exact) mass is 212 g/mol. The van der Waals surface area contributed by atoms with Crippen LogP contribution in [0.5, 0.6) is 0 Å². The van der Waals surface area contributed by atoms with Gasteiger partial charge < -0.3 is 0 Å². The Morgan fingerprint density at radius 1 is 1.06 bits per heavy atom. The van der Waals surface area contributed by atoms with Crippen LogP contribution >= 0.6 is 0 Å². The second-order valence-electron chi connectivity index (χ2n) is 4.32. The first-order valence-electron chi connectivity index (χ1n) is 5.56. The van der Waals surface area contributed by atoms with Crippen molar-refractivity contribution in [2.24, 2.45) is 0 Å². The molecular weight excluding hydrogens is 196 g/mol. The van der Waals surface area contributed by atoms with E-state index >= 15 is 0 Å². The molecule has 0 aliphatic rings. The molecule has 0 fully saturated rings. The fourth-order valence-electron chi connectivity index (χ4n) is 1.60. The molecule has 0 amide bonds. The number of aryl methyl sites for hydroxylation is 1. The highest BCUT2D eigenvalue weighted by atomic mass is 14.8. The van der Waals surface area contributed by atoms with E-state index in [0.717, 1.165) is 17.0 Å². The minimum atomic E-state index is 0.540. The van der Waals surface area contributed by atoms with Crippen LogP contribution in [0.25, 0.3) is 11.3 Å². The molecule has 16 heavy (non-hydrogen) atoms. The van der Waals surface area contributed by atoms with Crippen molar-refractivity contribution in [3.63, 3.8) is 0 Å². The molecule has 0 saturated carbocycles. The van der Waals surface area contributed by atoms with E-state index < -0.39 is 0 Å². The summed E-state index contributed by atoms with van der Waals surface area (Å²) in [5.74, 6) is 0.540. The van der Waals surface area contributed by atoms with Crippen molar-refractivity contribution in [2.45, 2.75) is 26.7 Å². The van der Waals surface area contributed by atoms with Gasteiger partial charge in [0.05, 0.1) is 17.6 Å². The third-order valence-corrected chi connectivity index (χ3v) is 2.63. The molecule has 0 unspecified atom stereocenters. The van der Waals surface area contributed by atoms with E-state index in [4.69, 9.17) is 0 Å². The van der Waals surface area contributed by atoms with Crippen LogP contribution in [0.4, 0.5) is 0 Å². The Kier molecular flexibility index (Phi) is 3.00. The molecule has 0 aliphatic heterocycles. The second kappa shape index (κ2) is 4.44. The lowest BCUT2D eigenvalue weighted by Crippen LogP contribution is -1.91. The Balaban J connectivity index is 2.40. The van der Waals surface area contributed by atoms with Crippen molar-refractivity contribution < 1.29 is 0 Å². The fourth-order valence-corrected chi connectivity index (χ4v) is 1.60. The van der Waals surface area contributed by atoms with Crippen LogP contribution < -0.4 is 0 Å². The summed E-state index contributed by atoms with van der Waals surface area (Å²) in [5, 5.41) is 0. The average Bonchev–Trinajstić information content (AvgIpc) is 2.30. The van der Waals surface area contributed by atoms with Crippen LogP contribution in [0, 0.1) is 6.92 Å². The van der Waals surface area contributed by atoms with E-state index in [9.17, 15) is 0 Å². The van der Waals surface area contributed by atoms with Gasteiger partial charge in [0.15, 0.2) is 0 Å². The maximum atomic E-state index is 4.39. The van der Waals surface area contributed by atoms with Crippen LogP contribution in [0.1, 0.15) is 31.0 Å². The van der Waals surface area contributed by atoms with Gasteiger partial charge in [-0.15, -0.1) is 0 Å². The first-order chi connectivity index (χ1) is 7.66. The van der Waals surface area contributed by atoms with Gasteiger partial charge in [0.1, 0.15) is 0 Å². The predicted octanol–water partition coefficient (Wildman–Crippen LogP) is 3.58. The van der Waals surface area contributed by atoms with Crippen molar-refractivity contribution in [1.29, 1.82) is 0 Å². The van der Waals surface area contributed by atoms with Crippen LogP contribution in [0.2, 0.25) is 0 Å². The maximum absolute atomic E-state index is 4.39. The molecule has 2 aromatic rings. The Morgan fingerprint density at radius 3 is 2.50 bits per heavy atom. The van der Waals surface area contributed by atoms with E-state index in [1.807, 2.05) is 13.1 Å². The van der Waals surface area contributed by atoms with Gasteiger partial charge in [-0.1, -0.05) is 32.0 Å². The standard InChI is InChI=1S/C14H16N2/c1-10(2)12-5-4-6-13(7-12)14-9-15-11(3)8-16-14/h4-10H,1-3H3. The SMILES string of the molecule is Cc1cnc(-c2cccc(C(C)C)c2)cn1. The van der Waals surface area contributed by atoms with Crippen LogP contribution in [0.3, 0.4) is 0 Å². The Hall–Kier alpha value is -1.70. The molecule has 0 radical (unpaired) electrons. The van der Waals surface area contributed by atoms with Gasteiger partial charge >= 0.3 is 0 Å². The summed E-state index contributed by atoms with van der Waals surface area (Å²) < 4.78 is 0.